The summed E-state index contributed by atoms with van der Waals surface area (Å²) in [5.74, 6) is 0. The molecule has 2 saturated heterocycles. The van der Waals surface area contributed by atoms with E-state index in [-0.39, 0.29) is 23.4 Å². The first kappa shape index (κ1) is 31.6. The Labute approximate surface area is 248 Å². The number of ether oxygens (including phenoxy) is 3. The molecule has 4 atom stereocenters. The number of aryl methyl sites for hydroxylation is 2. The van der Waals surface area contributed by atoms with Crippen molar-refractivity contribution in [3.63, 3.8) is 0 Å². The Hall–Kier alpha value is -2.34. The number of hydrogen-bond donors (Lipinski definition) is 0. The molecule has 2 fully saturated rings. The number of hydrogen-bond acceptors (Lipinski definition) is 5. The summed E-state index contributed by atoms with van der Waals surface area (Å²) in [7, 11) is 0. The molecule has 0 amide bonds. The van der Waals surface area contributed by atoms with Crippen molar-refractivity contribution in [2.75, 3.05) is 0 Å². The van der Waals surface area contributed by atoms with Gasteiger partial charge in [-0.15, -0.1) is 0 Å². The number of rotatable bonds is 16. The first-order valence-electron chi connectivity index (χ1n) is 15.7. The summed E-state index contributed by atoms with van der Waals surface area (Å²) < 4.78 is 18.5. The largest absolute Gasteiger partial charge is 0.367 e. The first-order valence-corrected chi connectivity index (χ1v) is 15.7. The van der Waals surface area contributed by atoms with E-state index in [1.54, 1.807) is 0 Å². The minimum Gasteiger partial charge on any atom is -0.367 e. The van der Waals surface area contributed by atoms with E-state index in [1.165, 1.54) is 22.3 Å². The highest BCUT2D eigenvalue weighted by molar-refractivity contribution is 5.19. The number of epoxide rings is 2. The summed E-state index contributed by atoms with van der Waals surface area (Å²) in [4.78, 5) is 9.69. The Morgan fingerprint density at radius 3 is 1.44 bits per heavy atom. The Kier molecular flexibility index (Phi) is 10.6. The molecule has 2 aromatic rings. The Balaban J connectivity index is 1.50. The molecule has 0 saturated carbocycles. The third kappa shape index (κ3) is 9.33. The normalized spacial score (nSPS) is 22.8. The monoisotopic (exact) mass is 560 g/mol. The fourth-order valence-corrected chi connectivity index (χ4v) is 5.38. The van der Waals surface area contributed by atoms with Gasteiger partial charge in [0.15, 0.2) is 0 Å². The molecule has 224 valence electrons. The fourth-order valence-electron chi connectivity index (χ4n) is 5.38. The molecule has 0 bridgehead atoms. The van der Waals surface area contributed by atoms with E-state index in [0.717, 1.165) is 62.8 Å². The zero-order valence-electron chi connectivity index (χ0n) is 26.7. The van der Waals surface area contributed by atoms with Gasteiger partial charge in [0.25, 0.3) is 0 Å². The predicted molar refractivity (Wildman–Crippen MR) is 167 cm³/mol. The van der Waals surface area contributed by atoms with Gasteiger partial charge in [0, 0.05) is 12.4 Å². The molecule has 5 heteroatoms. The molecule has 0 aliphatic carbocycles. The molecule has 0 aromatic carbocycles. The van der Waals surface area contributed by atoms with Gasteiger partial charge in [-0.2, -0.15) is 0 Å². The number of allylic oxidation sites excluding steroid dienone is 2. The number of pyridine rings is 2. The third-order valence-corrected chi connectivity index (χ3v) is 8.79. The average Bonchev–Trinajstić information content (AvgIpc) is 3.81. The minimum atomic E-state index is -0.156. The molecule has 41 heavy (non-hydrogen) atoms. The van der Waals surface area contributed by atoms with Crippen LogP contribution in [0.1, 0.15) is 129 Å². The molecule has 2 aromatic heterocycles. The van der Waals surface area contributed by atoms with Crippen molar-refractivity contribution in [3.8, 4) is 0 Å². The lowest BCUT2D eigenvalue weighted by Gasteiger charge is -2.24. The molecule has 2 aliphatic rings. The SMILES string of the molecule is CCc1ccc(C(CC=C(C)CCC2OC2(C)C)OC(CC=C(C)CCC2OC2(C)C)c2ccc(CC)cn2)nc1. The van der Waals surface area contributed by atoms with Crippen LogP contribution < -0.4 is 0 Å². The van der Waals surface area contributed by atoms with E-state index in [2.05, 4.69) is 91.8 Å². The molecule has 0 spiro atoms. The van der Waals surface area contributed by atoms with E-state index >= 15 is 0 Å². The smallest absolute Gasteiger partial charge is 0.104 e. The Bertz CT molecular complexity index is 1090. The maximum absolute atomic E-state index is 6.95. The van der Waals surface area contributed by atoms with Crippen molar-refractivity contribution in [2.45, 2.75) is 142 Å². The van der Waals surface area contributed by atoms with Crippen LogP contribution in [-0.2, 0) is 27.1 Å². The van der Waals surface area contributed by atoms with E-state index in [9.17, 15) is 0 Å². The quantitative estimate of drug-likeness (QED) is 0.151. The van der Waals surface area contributed by atoms with E-state index in [1.807, 2.05) is 12.4 Å². The summed E-state index contributed by atoms with van der Waals surface area (Å²) in [6.45, 7) is 17.4. The van der Waals surface area contributed by atoms with Gasteiger partial charge in [-0.1, -0.05) is 49.3 Å². The highest BCUT2D eigenvalue weighted by Crippen LogP contribution is 2.40. The second-order valence-electron chi connectivity index (χ2n) is 13.1. The van der Waals surface area contributed by atoms with E-state index < -0.39 is 0 Å². The van der Waals surface area contributed by atoms with Gasteiger partial charge in [0.1, 0.15) is 12.2 Å². The van der Waals surface area contributed by atoms with E-state index in [0.29, 0.717) is 12.2 Å². The first-order chi connectivity index (χ1) is 19.5. The van der Waals surface area contributed by atoms with Crippen LogP contribution in [0.4, 0.5) is 0 Å². The summed E-state index contributed by atoms with van der Waals surface area (Å²) in [6, 6.07) is 8.62. The maximum Gasteiger partial charge on any atom is 0.104 e. The van der Waals surface area contributed by atoms with Gasteiger partial charge in [0.05, 0.1) is 34.8 Å². The van der Waals surface area contributed by atoms with Gasteiger partial charge in [-0.3, -0.25) is 9.97 Å². The molecular formula is C36H52N2O3. The summed E-state index contributed by atoms with van der Waals surface area (Å²) in [6.07, 6.45) is 16.8. The van der Waals surface area contributed by atoms with Crippen LogP contribution in [0.3, 0.4) is 0 Å². The average molecular weight is 561 g/mol. The minimum absolute atomic E-state index is 0.0396. The van der Waals surface area contributed by atoms with Gasteiger partial charge in [-0.05, 0) is 116 Å². The third-order valence-electron chi connectivity index (χ3n) is 8.79. The molecule has 0 radical (unpaired) electrons. The van der Waals surface area contributed by atoms with Crippen molar-refractivity contribution >= 4 is 0 Å². The van der Waals surface area contributed by atoms with E-state index in [4.69, 9.17) is 24.2 Å². The van der Waals surface area contributed by atoms with Crippen molar-refractivity contribution in [1.29, 1.82) is 0 Å². The molecular weight excluding hydrogens is 508 g/mol. The zero-order chi connectivity index (χ0) is 29.6. The molecule has 4 rings (SSSR count). The van der Waals surface area contributed by atoms with Crippen LogP contribution in [0, 0.1) is 0 Å². The van der Waals surface area contributed by atoms with Gasteiger partial charge in [-0.25, -0.2) is 0 Å². The summed E-state index contributed by atoms with van der Waals surface area (Å²) in [5.41, 5.74) is 7.25. The molecule has 4 unspecified atom stereocenters. The van der Waals surface area contributed by atoms with Gasteiger partial charge in [0.2, 0.25) is 0 Å². The topological polar surface area (TPSA) is 60.1 Å². The molecule has 0 N–H and O–H groups in total. The van der Waals surface area contributed by atoms with Crippen LogP contribution in [0.15, 0.2) is 60.0 Å². The second kappa shape index (κ2) is 13.8. The highest BCUT2D eigenvalue weighted by atomic mass is 16.6. The molecule has 4 heterocycles. The lowest BCUT2D eigenvalue weighted by molar-refractivity contribution is -0.0167. The van der Waals surface area contributed by atoms with Crippen molar-refractivity contribution in [3.05, 3.63) is 82.5 Å². The van der Waals surface area contributed by atoms with Gasteiger partial charge >= 0.3 is 0 Å². The van der Waals surface area contributed by atoms with Crippen molar-refractivity contribution < 1.29 is 14.2 Å². The van der Waals surface area contributed by atoms with Crippen molar-refractivity contribution in [2.24, 2.45) is 0 Å². The second-order valence-corrected chi connectivity index (χ2v) is 13.1. The molecule has 5 nitrogen and oxygen atoms in total. The Morgan fingerprint density at radius 2 is 1.15 bits per heavy atom. The molecule has 2 aliphatic heterocycles. The van der Waals surface area contributed by atoms with Crippen LogP contribution in [0.25, 0.3) is 0 Å². The number of aromatic nitrogens is 2. The van der Waals surface area contributed by atoms with Crippen LogP contribution in [-0.4, -0.2) is 33.4 Å². The maximum atomic E-state index is 6.95. The fraction of sp³-hybridized carbons (Fsp3) is 0.611. The van der Waals surface area contributed by atoms with Crippen molar-refractivity contribution in [1.82, 2.24) is 9.97 Å². The van der Waals surface area contributed by atoms with Crippen LogP contribution in [0.5, 0.6) is 0 Å². The predicted octanol–water partition coefficient (Wildman–Crippen LogP) is 8.99. The summed E-state index contributed by atoms with van der Waals surface area (Å²) in [5, 5.41) is 0. The highest BCUT2D eigenvalue weighted by Gasteiger charge is 2.47. The van der Waals surface area contributed by atoms with Crippen LogP contribution in [0.2, 0.25) is 0 Å². The standard InChI is InChI=1S/C36H52N2O3/c1-9-27-15-17-29(37-23-27)31(19-11-25(3)13-21-33-35(5,6)40-33)39-32(30-18-16-28(10-2)24-38-30)20-12-26(4)14-22-34-36(7,8)41-34/h11-12,15-18,23-24,31-34H,9-10,13-14,19-22H2,1-8H3. The number of nitrogens with zero attached hydrogens (tertiary/aromatic N) is 2. The zero-order valence-corrected chi connectivity index (χ0v) is 26.7. The summed E-state index contributed by atoms with van der Waals surface area (Å²) >= 11 is 0. The van der Waals surface area contributed by atoms with Gasteiger partial charge < -0.3 is 14.2 Å². The van der Waals surface area contributed by atoms with Crippen LogP contribution >= 0.6 is 0 Å². The lowest BCUT2D eigenvalue weighted by Crippen LogP contribution is -2.13. The lowest BCUT2D eigenvalue weighted by atomic mass is 10.0. The Morgan fingerprint density at radius 1 is 0.756 bits per heavy atom.